The summed E-state index contributed by atoms with van der Waals surface area (Å²) in [7, 11) is -1.69. The molecule has 1 aliphatic rings. The van der Waals surface area contributed by atoms with Crippen molar-refractivity contribution < 1.29 is 27.5 Å². The van der Waals surface area contributed by atoms with Gasteiger partial charge >= 0.3 is 5.97 Å². The van der Waals surface area contributed by atoms with Gasteiger partial charge in [-0.3, -0.25) is 9.59 Å². The van der Waals surface area contributed by atoms with Crippen molar-refractivity contribution in [3.8, 4) is 22.9 Å². The molecule has 2 heterocycles. The van der Waals surface area contributed by atoms with E-state index >= 15 is 0 Å². The lowest BCUT2D eigenvalue weighted by atomic mass is 9.90. The number of ketones is 1. The Kier molecular flexibility index (Phi) is 9.86. The van der Waals surface area contributed by atoms with E-state index in [1.54, 1.807) is 49.4 Å². The molecule has 1 atom stereocenters. The highest BCUT2D eigenvalue weighted by Crippen LogP contribution is 2.35. The fourth-order valence-electron chi connectivity index (χ4n) is 5.16. The quantitative estimate of drug-likeness (QED) is 0.299. The van der Waals surface area contributed by atoms with Crippen LogP contribution in [0.15, 0.2) is 59.5 Å². The third-order valence-electron chi connectivity index (χ3n) is 7.44. The van der Waals surface area contributed by atoms with Gasteiger partial charge in [-0.1, -0.05) is 23.7 Å². The number of nitrogens with zero attached hydrogens (tertiary/aromatic N) is 2. The number of methoxy groups -OCH3 is 1. The maximum atomic E-state index is 13.8. The van der Waals surface area contributed by atoms with Crippen molar-refractivity contribution in [1.82, 2.24) is 4.57 Å². The number of nitriles is 1. The first kappa shape index (κ1) is 31.0. The predicted octanol–water partition coefficient (Wildman–Crippen LogP) is 4.79. The Balaban J connectivity index is 1.71. The number of carbonyl (C=O) groups excluding carboxylic acids is 2. The molecule has 0 spiro atoms. The summed E-state index contributed by atoms with van der Waals surface area (Å²) in [5.74, 6) is -0.434. The lowest BCUT2D eigenvalue weighted by Gasteiger charge is -2.28. The van der Waals surface area contributed by atoms with Crippen LogP contribution in [0, 0.1) is 17.2 Å². The van der Waals surface area contributed by atoms with E-state index in [1.807, 2.05) is 0 Å². The summed E-state index contributed by atoms with van der Waals surface area (Å²) in [5.41, 5.74) is 1.63. The Morgan fingerprint density at radius 3 is 2.40 bits per heavy atom. The maximum Gasteiger partial charge on any atom is 0.338 e. The molecule has 2 aromatic carbocycles. The zero-order valence-corrected chi connectivity index (χ0v) is 24.9. The van der Waals surface area contributed by atoms with Crippen molar-refractivity contribution in [3.05, 3.63) is 86.8 Å². The molecule has 1 fully saturated rings. The SMILES string of the molecule is CCOC(=O)c1ccc(CC(=O)C(CC2CCS(=O)(=O)CC2)n2cc(OC)c(-c3cc(Cl)ccc3C#N)cc2=O)cc1. The molecule has 4 rings (SSSR count). The van der Waals surface area contributed by atoms with Crippen LogP contribution in [0.2, 0.25) is 5.02 Å². The number of pyridine rings is 1. The number of hydrogen-bond donors (Lipinski definition) is 0. The minimum absolute atomic E-state index is 0.0117. The van der Waals surface area contributed by atoms with Crippen LogP contribution in [-0.4, -0.2) is 50.0 Å². The molecule has 0 aliphatic carbocycles. The number of sulfone groups is 1. The van der Waals surface area contributed by atoms with Gasteiger partial charge in [0.1, 0.15) is 15.6 Å². The van der Waals surface area contributed by atoms with Crippen LogP contribution in [0.1, 0.15) is 53.7 Å². The van der Waals surface area contributed by atoms with Crippen molar-refractivity contribution >= 4 is 33.2 Å². The van der Waals surface area contributed by atoms with Crippen molar-refractivity contribution in [2.24, 2.45) is 5.92 Å². The number of ether oxygens (including phenoxy) is 2. The van der Waals surface area contributed by atoms with Gasteiger partial charge in [0.25, 0.3) is 5.56 Å². The Labute approximate surface area is 249 Å². The lowest BCUT2D eigenvalue weighted by molar-refractivity contribution is -0.122. The van der Waals surface area contributed by atoms with E-state index in [-0.39, 0.29) is 48.4 Å². The standard InChI is InChI=1S/C31H31ClN2O7S/c1-3-41-31(37)22-6-4-20(5-7-22)15-28(35)27(14-21-10-12-42(38,39)13-11-21)34-19-29(40-2)26(17-30(34)36)25-16-24(32)9-8-23(25)18-33/h4-9,16-17,19,21,27H,3,10-15H2,1-2H3. The molecule has 1 aliphatic heterocycles. The van der Waals surface area contributed by atoms with Crippen LogP contribution in [0.5, 0.6) is 5.75 Å². The molecule has 1 unspecified atom stereocenters. The van der Waals surface area contributed by atoms with Crippen LogP contribution in [0.25, 0.3) is 11.1 Å². The van der Waals surface area contributed by atoms with E-state index in [4.69, 9.17) is 21.1 Å². The van der Waals surface area contributed by atoms with Crippen molar-refractivity contribution in [1.29, 1.82) is 5.26 Å². The summed E-state index contributed by atoms with van der Waals surface area (Å²) >= 11 is 6.18. The van der Waals surface area contributed by atoms with E-state index in [0.717, 1.165) is 0 Å². The van der Waals surface area contributed by atoms with Gasteiger partial charge < -0.3 is 14.0 Å². The maximum absolute atomic E-state index is 13.8. The first-order valence-corrected chi connectivity index (χ1v) is 15.7. The van der Waals surface area contributed by atoms with Gasteiger partial charge in [-0.25, -0.2) is 13.2 Å². The molecule has 1 saturated heterocycles. The number of rotatable bonds is 10. The number of Topliss-reactive ketones (excluding diaryl/α,β-unsaturated/α-hetero) is 1. The summed E-state index contributed by atoms with van der Waals surface area (Å²) in [6.07, 6.45) is 2.53. The molecule has 0 N–H and O–H groups in total. The van der Waals surface area contributed by atoms with E-state index in [2.05, 4.69) is 6.07 Å². The molecule has 0 saturated carbocycles. The molecule has 3 aromatic rings. The second kappa shape index (κ2) is 13.4. The summed E-state index contributed by atoms with van der Waals surface area (Å²) in [4.78, 5) is 39.4. The topological polar surface area (TPSA) is 133 Å². The largest absolute Gasteiger partial charge is 0.495 e. The van der Waals surface area contributed by atoms with E-state index in [1.165, 1.54) is 23.9 Å². The van der Waals surface area contributed by atoms with Crippen LogP contribution < -0.4 is 10.3 Å². The fraction of sp³-hybridized carbons (Fsp3) is 0.355. The average molecular weight is 611 g/mol. The van der Waals surface area contributed by atoms with Gasteiger partial charge in [0.15, 0.2) is 5.78 Å². The zero-order chi connectivity index (χ0) is 30.4. The molecule has 42 heavy (non-hydrogen) atoms. The first-order valence-electron chi connectivity index (χ1n) is 13.5. The van der Waals surface area contributed by atoms with Gasteiger partial charge in [-0.2, -0.15) is 5.26 Å². The van der Waals surface area contributed by atoms with Crippen LogP contribution >= 0.6 is 11.6 Å². The molecule has 1 aromatic heterocycles. The molecule has 0 radical (unpaired) electrons. The van der Waals surface area contributed by atoms with Crippen LogP contribution in [0.3, 0.4) is 0 Å². The fourth-order valence-corrected chi connectivity index (χ4v) is 6.93. The highest BCUT2D eigenvalue weighted by Gasteiger charge is 2.31. The van der Waals surface area contributed by atoms with Gasteiger partial charge in [0.2, 0.25) is 0 Å². The van der Waals surface area contributed by atoms with E-state index in [0.29, 0.717) is 45.7 Å². The summed E-state index contributed by atoms with van der Waals surface area (Å²) in [5, 5.41) is 10.0. The minimum atomic E-state index is -3.11. The van der Waals surface area contributed by atoms with Gasteiger partial charge in [0, 0.05) is 28.6 Å². The number of esters is 1. The summed E-state index contributed by atoms with van der Waals surface area (Å²) < 4.78 is 36.0. The highest BCUT2D eigenvalue weighted by atomic mass is 35.5. The molecule has 9 nitrogen and oxygen atoms in total. The number of halogens is 1. The zero-order valence-electron chi connectivity index (χ0n) is 23.3. The molecular weight excluding hydrogens is 580 g/mol. The van der Waals surface area contributed by atoms with Crippen LogP contribution in [-0.2, 0) is 25.8 Å². The van der Waals surface area contributed by atoms with Crippen molar-refractivity contribution in [3.63, 3.8) is 0 Å². The second-order valence-electron chi connectivity index (χ2n) is 10.2. The summed E-state index contributed by atoms with van der Waals surface area (Å²) in [6, 6.07) is 13.7. The number of aromatic nitrogens is 1. The molecule has 220 valence electrons. The normalized spacial score (nSPS) is 15.4. The smallest absolute Gasteiger partial charge is 0.338 e. The average Bonchev–Trinajstić information content (AvgIpc) is 2.97. The predicted molar refractivity (Wildman–Crippen MR) is 159 cm³/mol. The van der Waals surface area contributed by atoms with Gasteiger partial charge in [-0.15, -0.1) is 0 Å². The van der Waals surface area contributed by atoms with E-state index in [9.17, 15) is 28.1 Å². The molecule has 0 bridgehead atoms. The van der Waals surface area contributed by atoms with Gasteiger partial charge in [-0.05, 0) is 68.0 Å². The number of hydrogen-bond acceptors (Lipinski definition) is 8. The Morgan fingerprint density at radius 1 is 1.10 bits per heavy atom. The molecular formula is C31H31ClN2O7S. The van der Waals surface area contributed by atoms with Gasteiger partial charge in [0.05, 0.1) is 54.7 Å². The monoisotopic (exact) mass is 610 g/mol. The number of benzene rings is 2. The third-order valence-corrected chi connectivity index (χ3v) is 9.39. The Bertz CT molecular complexity index is 1680. The Morgan fingerprint density at radius 2 is 1.79 bits per heavy atom. The van der Waals surface area contributed by atoms with Crippen molar-refractivity contribution in [2.75, 3.05) is 25.2 Å². The Hall–Kier alpha value is -3.94. The molecule has 0 amide bonds. The highest BCUT2D eigenvalue weighted by molar-refractivity contribution is 7.91. The third kappa shape index (κ3) is 7.27. The second-order valence-corrected chi connectivity index (χ2v) is 12.9. The van der Waals surface area contributed by atoms with Crippen molar-refractivity contribution in [2.45, 2.75) is 38.6 Å². The summed E-state index contributed by atoms with van der Waals surface area (Å²) in [6.45, 7) is 1.96. The lowest BCUT2D eigenvalue weighted by Crippen LogP contribution is -2.34. The van der Waals surface area contributed by atoms with E-state index < -0.39 is 27.4 Å². The number of carbonyl (C=O) groups is 2. The van der Waals surface area contributed by atoms with Crippen LogP contribution in [0.4, 0.5) is 0 Å². The first-order chi connectivity index (χ1) is 20.0. The molecule has 11 heteroatoms. The minimum Gasteiger partial charge on any atom is -0.495 e.